The van der Waals surface area contributed by atoms with Gasteiger partial charge in [-0.15, -0.1) is 0 Å². The Morgan fingerprint density at radius 1 is 1.29 bits per heavy atom. The molecule has 5 heteroatoms. The Labute approximate surface area is 84.1 Å². The highest BCUT2D eigenvalue weighted by molar-refractivity contribution is 7.85. The SMILES string of the molecule is C[N+](C)(C)c1[c]cc(S(=O)(=O)O)cc1. The van der Waals surface area contributed by atoms with Crippen molar-refractivity contribution in [3.05, 3.63) is 24.3 Å². The summed E-state index contributed by atoms with van der Waals surface area (Å²) >= 11 is 0. The van der Waals surface area contributed by atoms with Gasteiger partial charge in [0.1, 0.15) is 5.69 Å². The Balaban J connectivity index is 3.14. The van der Waals surface area contributed by atoms with E-state index in [4.69, 9.17) is 4.55 Å². The molecule has 0 spiro atoms. The summed E-state index contributed by atoms with van der Waals surface area (Å²) in [5, 5.41) is 0. The van der Waals surface area contributed by atoms with E-state index in [1.54, 1.807) is 6.07 Å². The molecule has 0 saturated carbocycles. The zero-order valence-corrected chi connectivity index (χ0v) is 9.17. The van der Waals surface area contributed by atoms with Gasteiger partial charge in [0.15, 0.2) is 0 Å². The molecule has 1 aromatic carbocycles. The molecule has 0 heterocycles. The van der Waals surface area contributed by atoms with Crippen molar-refractivity contribution in [2.45, 2.75) is 4.90 Å². The maximum absolute atomic E-state index is 10.7. The maximum atomic E-state index is 10.7. The van der Waals surface area contributed by atoms with Crippen LogP contribution in [0.2, 0.25) is 0 Å². The Kier molecular flexibility index (Phi) is 2.67. The third kappa shape index (κ3) is 2.54. The van der Waals surface area contributed by atoms with Crippen molar-refractivity contribution < 1.29 is 13.0 Å². The van der Waals surface area contributed by atoms with Crippen LogP contribution in [-0.4, -0.2) is 34.1 Å². The first kappa shape index (κ1) is 11.2. The van der Waals surface area contributed by atoms with Crippen molar-refractivity contribution in [1.82, 2.24) is 4.48 Å². The fraction of sp³-hybridized carbons (Fsp3) is 0.333. The van der Waals surface area contributed by atoms with Gasteiger partial charge in [0, 0.05) is 6.07 Å². The Hall–Kier alpha value is -0.910. The Morgan fingerprint density at radius 2 is 1.86 bits per heavy atom. The maximum Gasteiger partial charge on any atom is 0.294 e. The van der Waals surface area contributed by atoms with Crippen LogP contribution in [0.25, 0.3) is 0 Å². The fourth-order valence-corrected chi connectivity index (χ4v) is 1.43. The summed E-state index contributed by atoms with van der Waals surface area (Å²) in [6.45, 7) is 0. The predicted octanol–water partition coefficient (Wildman–Crippen LogP) is 0.930. The lowest BCUT2D eigenvalue weighted by atomic mass is 10.3. The van der Waals surface area contributed by atoms with E-state index in [0.717, 1.165) is 5.69 Å². The summed E-state index contributed by atoms with van der Waals surface area (Å²) < 4.78 is 30.7. The minimum Gasteiger partial charge on any atom is -0.298 e. The van der Waals surface area contributed by atoms with E-state index in [9.17, 15) is 8.42 Å². The van der Waals surface area contributed by atoms with Crippen LogP contribution in [0.1, 0.15) is 0 Å². The van der Waals surface area contributed by atoms with Crippen LogP contribution in [0.4, 0.5) is 5.69 Å². The van der Waals surface area contributed by atoms with Gasteiger partial charge in [0.05, 0.1) is 32.1 Å². The minimum atomic E-state index is -4.10. The van der Waals surface area contributed by atoms with E-state index in [-0.39, 0.29) is 4.90 Å². The van der Waals surface area contributed by atoms with E-state index in [1.807, 2.05) is 21.1 Å². The highest BCUT2D eigenvalue weighted by Gasteiger charge is 2.15. The van der Waals surface area contributed by atoms with Crippen LogP contribution in [-0.2, 0) is 10.1 Å². The highest BCUT2D eigenvalue weighted by atomic mass is 32.2. The summed E-state index contributed by atoms with van der Waals surface area (Å²) in [6.07, 6.45) is 0. The molecule has 1 N–H and O–H groups in total. The summed E-state index contributed by atoms with van der Waals surface area (Å²) in [5.41, 5.74) is 0.845. The van der Waals surface area contributed by atoms with Gasteiger partial charge in [0.2, 0.25) is 0 Å². The smallest absolute Gasteiger partial charge is 0.294 e. The first-order chi connectivity index (χ1) is 6.21. The minimum absolute atomic E-state index is 0.130. The monoisotopic (exact) mass is 215 g/mol. The zero-order chi connectivity index (χ0) is 11.0. The van der Waals surface area contributed by atoms with Crippen molar-refractivity contribution >= 4 is 15.8 Å². The molecule has 0 aromatic heterocycles. The molecule has 1 radical (unpaired) electrons. The van der Waals surface area contributed by atoms with Crippen molar-refractivity contribution in [3.8, 4) is 0 Å². The van der Waals surface area contributed by atoms with Gasteiger partial charge in [-0.2, -0.15) is 8.42 Å². The molecule has 1 rings (SSSR count). The summed E-state index contributed by atoms with van der Waals surface area (Å²) in [5.74, 6) is 0. The second-order valence-electron chi connectivity index (χ2n) is 3.90. The normalized spacial score (nSPS) is 12.9. The number of rotatable bonds is 2. The molecule has 1 aromatic rings. The van der Waals surface area contributed by atoms with Crippen molar-refractivity contribution in [1.29, 1.82) is 0 Å². The second-order valence-corrected chi connectivity index (χ2v) is 5.32. The summed E-state index contributed by atoms with van der Waals surface area (Å²) in [4.78, 5) is -0.130. The molecule has 0 bridgehead atoms. The molecule has 14 heavy (non-hydrogen) atoms. The first-order valence-electron chi connectivity index (χ1n) is 4.02. The highest BCUT2D eigenvalue weighted by Crippen LogP contribution is 2.18. The first-order valence-corrected chi connectivity index (χ1v) is 5.46. The van der Waals surface area contributed by atoms with E-state index in [1.165, 1.54) is 12.1 Å². The molecular weight excluding hydrogens is 202 g/mol. The van der Waals surface area contributed by atoms with Crippen LogP contribution in [0.5, 0.6) is 0 Å². The zero-order valence-electron chi connectivity index (χ0n) is 8.35. The number of hydrogen-bond donors (Lipinski definition) is 1. The van der Waals surface area contributed by atoms with E-state index in [0.29, 0.717) is 4.48 Å². The average molecular weight is 215 g/mol. The molecule has 0 saturated heterocycles. The van der Waals surface area contributed by atoms with Crippen molar-refractivity contribution in [3.63, 3.8) is 0 Å². The predicted molar refractivity (Wildman–Crippen MR) is 54.7 cm³/mol. The number of benzene rings is 1. The molecule has 0 aliphatic carbocycles. The van der Waals surface area contributed by atoms with Gasteiger partial charge >= 0.3 is 0 Å². The van der Waals surface area contributed by atoms with Crippen molar-refractivity contribution in [2.24, 2.45) is 0 Å². The lowest BCUT2D eigenvalue weighted by Crippen LogP contribution is -2.34. The fourth-order valence-electron chi connectivity index (χ4n) is 0.980. The van der Waals surface area contributed by atoms with Gasteiger partial charge in [-0.25, -0.2) is 0 Å². The number of hydrogen-bond acceptors (Lipinski definition) is 2. The van der Waals surface area contributed by atoms with Gasteiger partial charge < -0.3 is 0 Å². The van der Waals surface area contributed by atoms with Crippen LogP contribution in [0.3, 0.4) is 0 Å². The van der Waals surface area contributed by atoms with Crippen LogP contribution >= 0.6 is 0 Å². The Bertz CT molecular complexity index is 414. The third-order valence-electron chi connectivity index (χ3n) is 1.79. The molecular formula is C9H13NO3S+. The molecule has 77 valence electrons. The van der Waals surface area contributed by atoms with Gasteiger partial charge in [-0.3, -0.25) is 9.04 Å². The van der Waals surface area contributed by atoms with Crippen LogP contribution < -0.4 is 4.48 Å². The molecule has 0 aliphatic rings. The van der Waals surface area contributed by atoms with Crippen LogP contribution in [0.15, 0.2) is 23.1 Å². The largest absolute Gasteiger partial charge is 0.298 e. The summed E-state index contributed by atoms with van der Waals surface area (Å²) in [6, 6.07) is 7.08. The van der Waals surface area contributed by atoms with Gasteiger partial charge in [0.25, 0.3) is 10.1 Å². The third-order valence-corrected chi connectivity index (χ3v) is 2.64. The van der Waals surface area contributed by atoms with Crippen LogP contribution in [0, 0.1) is 6.07 Å². The Morgan fingerprint density at radius 3 is 2.14 bits per heavy atom. The molecule has 0 aliphatic heterocycles. The molecule has 4 nitrogen and oxygen atoms in total. The standard InChI is InChI=1S/C9H12NO3S/c1-10(2,3)8-4-6-9(7-5-8)14(11,12)13/h4,6-7H,1-3H3/p+1. The van der Waals surface area contributed by atoms with Crippen molar-refractivity contribution in [2.75, 3.05) is 21.1 Å². The topological polar surface area (TPSA) is 54.4 Å². The lowest BCUT2D eigenvalue weighted by molar-refractivity contribution is 0.479. The molecule has 0 unspecified atom stereocenters. The second kappa shape index (κ2) is 3.34. The van der Waals surface area contributed by atoms with Gasteiger partial charge in [-0.1, -0.05) is 0 Å². The molecule has 0 fully saturated rings. The number of quaternary nitrogens is 1. The van der Waals surface area contributed by atoms with E-state index < -0.39 is 10.1 Å². The molecule has 0 atom stereocenters. The van der Waals surface area contributed by atoms with E-state index in [2.05, 4.69) is 6.07 Å². The number of nitrogens with zero attached hydrogens (tertiary/aromatic N) is 1. The molecule has 0 amide bonds. The average Bonchev–Trinajstić information content (AvgIpc) is 2.01. The lowest BCUT2D eigenvalue weighted by Gasteiger charge is -2.22. The quantitative estimate of drug-likeness (QED) is 0.590. The van der Waals surface area contributed by atoms with E-state index >= 15 is 0 Å². The summed E-state index contributed by atoms with van der Waals surface area (Å²) in [7, 11) is 1.73. The van der Waals surface area contributed by atoms with Gasteiger partial charge in [-0.05, 0) is 12.1 Å².